The van der Waals surface area contributed by atoms with Gasteiger partial charge in [-0.15, -0.1) is 10.2 Å². The Morgan fingerprint density at radius 1 is 0.962 bits per heavy atom. The highest BCUT2D eigenvalue weighted by atomic mass is 16.5. The summed E-state index contributed by atoms with van der Waals surface area (Å²) in [5, 5.41) is 11.1. The van der Waals surface area contributed by atoms with Crippen LogP contribution in [-0.4, -0.2) is 22.7 Å². The minimum Gasteiger partial charge on any atom is -0.477 e. The second-order valence-electron chi connectivity index (χ2n) is 6.02. The lowest BCUT2D eigenvalue weighted by Crippen LogP contribution is -2.12. The Labute approximate surface area is 153 Å². The predicted molar refractivity (Wildman–Crippen MR) is 103 cm³/mol. The van der Waals surface area contributed by atoms with Crippen molar-refractivity contribution in [3.63, 3.8) is 0 Å². The highest BCUT2D eigenvalue weighted by Gasteiger charge is 2.08. The summed E-state index contributed by atoms with van der Waals surface area (Å²) in [7, 11) is 0. The summed E-state index contributed by atoms with van der Waals surface area (Å²) in [5.74, 6) is 0.384. The van der Waals surface area contributed by atoms with Crippen molar-refractivity contribution in [2.45, 2.75) is 20.8 Å². The molecule has 0 fully saturated rings. The number of ether oxygens (including phenoxy) is 1. The molecule has 1 N–H and O–H groups in total. The Balaban J connectivity index is 1.70. The fourth-order valence-corrected chi connectivity index (χ4v) is 2.51. The van der Waals surface area contributed by atoms with Gasteiger partial charge >= 0.3 is 0 Å². The van der Waals surface area contributed by atoms with E-state index in [1.807, 2.05) is 69.3 Å². The predicted octanol–water partition coefficient (Wildman–Crippen LogP) is 4.41. The number of carbonyl (C=O) groups excluding carboxylic acids is 1. The van der Waals surface area contributed by atoms with Gasteiger partial charge in [0.05, 0.1) is 12.3 Å². The summed E-state index contributed by atoms with van der Waals surface area (Å²) in [5.41, 5.74) is 5.32. The molecule has 26 heavy (non-hydrogen) atoms. The number of benzene rings is 2. The van der Waals surface area contributed by atoms with Gasteiger partial charge in [0, 0.05) is 22.9 Å². The molecule has 0 saturated carbocycles. The summed E-state index contributed by atoms with van der Waals surface area (Å²) in [6, 6.07) is 16.9. The molecule has 0 aliphatic rings. The molecule has 0 spiro atoms. The molecule has 132 valence electrons. The molecule has 5 nitrogen and oxygen atoms in total. The lowest BCUT2D eigenvalue weighted by molar-refractivity contribution is 0.102. The molecule has 0 aliphatic heterocycles. The Hall–Kier alpha value is -3.21. The molecule has 0 saturated heterocycles. The van der Waals surface area contributed by atoms with Gasteiger partial charge in [-0.3, -0.25) is 4.79 Å². The van der Waals surface area contributed by atoms with Crippen molar-refractivity contribution in [1.82, 2.24) is 10.2 Å². The summed E-state index contributed by atoms with van der Waals surface area (Å²) >= 11 is 0. The van der Waals surface area contributed by atoms with Gasteiger partial charge in [-0.2, -0.15) is 0 Å². The van der Waals surface area contributed by atoms with E-state index in [1.165, 1.54) is 5.56 Å². The first-order valence-corrected chi connectivity index (χ1v) is 8.52. The van der Waals surface area contributed by atoms with Gasteiger partial charge in [-0.05, 0) is 62.2 Å². The number of hydrogen-bond donors (Lipinski definition) is 1. The largest absolute Gasteiger partial charge is 0.477 e. The van der Waals surface area contributed by atoms with E-state index < -0.39 is 0 Å². The molecule has 0 unspecified atom stereocenters. The van der Waals surface area contributed by atoms with E-state index in [4.69, 9.17) is 4.74 Å². The standard InChI is InChI=1S/C21H21N3O2/c1-4-26-20-12-11-19(23-24-20)16-7-9-18(10-8-16)22-21(25)17-6-5-14(2)15(3)13-17/h5-13H,4H2,1-3H3,(H,22,25). The molecule has 0 aliphatic carbocycles. The first-order chi connectivity index (χ1) is 12.6. The number of aryl methyl sites for hydroxylation is 2. The van der Waals surface area contributed by atoms with Crippen LogP contribution in [0.1, 0.15) is 28.4 Å². The topological polar surface area (TPSA) is 64.1 Å². The minimum absolute atomic E-state index is 0.123. The number of nitrogens with zero attached hydrogens (tertiary/aromatic N) is 2. The van der Waals surface area contributed by atoms with Crippen molar-refractivity contribution in [3.05, 3.63) is 71.3 Å². The minimum atomic E-state index is -0.123. The maximum absolute atomic E-state index is 12.4. The summed E-state index contributed by atoms with van der Waals surface area (Å²) in [6.45, 7) is 6.49. The Morgan fingerprint density at radius 3 is 2.35 bits per heavy atom. The third-order valence-electron chi connectivity index (χ3n) is 4.14. The van der Waals surface area contributed by atoms with E-state index in [-0.39, 0.29) is 5.91 Å². The van der Waals surface area contributed by atoms with Gasteiger partial charge in [-0.25, -0.2) is 0 Å². The van der Waals surface area contributed by atoms with Gasteiger partial charge < -0.3 is 10.1 Å². The maximum atomic E-state index is 12.4. The van der Waals surface area contributed by atoms with Gasteiger partial charge in [-0.1, -0.05) is 18.2 Å². The highest BCUT2D eigenvalue weighted by molar-refractivity contribution is 6.04. The summed E-state index contributed by atoms with van der Waals surface area (Å²) in [4.78, 5) is 12.4. The second kappa shape index (κ2) is 7.78. The molecule has 0 radical (unpaired) electrons. The summed E-state index contributed by atoms with van der Waals surface area (Å²) in [6.07, 6.45) is 0. The van der Waals surface area contributed by atoms with Crippen LogP contribution >= 0.6 is 0 Å². The molecule has 3 rings (SSSR count). The van der Waals surface area contributed by atoms with Crippen LogP contribution in [0.5, 0.6) is 5.88 Å². The molecule has 5 heteroatoms. The lowest BCUT2D eigenvalue weighted by Gasteiger charge is -2.08. The van der Waals surface area contributed by atoms with Crippen molar-refractivity contribution < 1.29 is 9.53 Å². The smallest absolute Gasteiger partial charge is 0.255 e. The van der Waals surface area contributed by atoms with E-state index in [0.29, 0.717) is 18.1 Å². The van der Waals surface area contributed by atoms with Crippen molar-refractivity contribution >= 4 is 11.6 Å². The number of aromatic nitrogens is 2. The molecule has 0 atom stereocenters. The quantitative estimate of drug-likeness (QED) is 0.742. The zero-order chi connectivity index (χ0) is 18.5. The van der Waals surface area contributed by atoms with Crippen molar-refractivity contribution in [2.24, 2.45) is 0 Å². The molecular formula is C21H21N3O2. The molecule has 1 aromatic heterocycles. The number of rotatable bonds is 5. The number of carbonyl (C=O) groups is 1. The molecule has 2 aromatic carbocycles. The van der Waals surface area contributed by atoms with E-state index in [0.717, 1.165) is 22.5 Å². The number of anilines is 1. The third kappa shape index (κ3) is 4.06. The highest BCUT2D eigenvalue weighted by Crippen LogP contribution is 2.21. The van der Waals surface area contributed by atoms with Gasteiger partial charge in [0.2, 0.25) is 5.88 Å². The molecule has 3 aromatic rings. The van der Waals surface area contributed by atoms with E-state index in [2.05, 4.69) is 15.5 Å². The molecular weight excluding hydrogens is 326 g/mol. The van der Waals surface area contributed by atoms with Crippen LogP contribution in [-0.2, 0) is 0 Å². The SMILES string of the molecule is CCOc1ccc(-c2ccc(NC(=O)c3ccc(C)c(C)c3)cc2)nn1. The number of hydrogen-bond acceptors (Lipinski definition) is 4. The average molecular weight is 347 g/mol. The third-order valence-corrected chi connectivity index (χ3v) is 4.14. The fraction of sp³-hybridized carbons (Fsp3) is 0.190. The Bertz CT molecular complexity index is 904. The lowest BCUT2D eigenvalue weighted by atomic mass is 10.1. The van der Waals surface area contributed by atoms with Gasteiger partial charge in [0.1, 0.15) is 0 Å². The average Bonchev–Trinajstić information content (AvgIpc) is 2.65. The van der Waals surface area contributed by atoms with E-state index in [1.54, 1.807) is 6.07 Å². The van der Waals surface area contributed by atoms with Crippen molar-refractivity contribution in [1.29, 1.82) is 0 Å². The first-order valence-electron chi connectivity index (χ1n) is 8.52. The summed E-state index contributed by atoms with van der Waals surface area (Å²) < 4.78 is 5.30. The Morgan fingerprint density at radius 2 is 1.73 bits per heavy atom. The van der Waals surface area contributed by atoms with Crippen LogP contribution in [0.3, 0.4) is 0 Å². The van der Waals surface area contributed by atoms with Gasteiger partial charge in [0.25, 0.3) is 5.91 Å². The van der Waals surface area contributed by atoms with E-state index in [9.17, 15) is 4.79 Å². The van der Waals surface area contributed by atoms with Crippen molar-refractivity contribution in [3.8, 4) is 17.1 Å². The van der Waals surface area contributed by atoms with Gasteiger partial charge in [0.15, 0.2) is 0 Å². The van der Waals surface area contributed by atoms with Crippen LogP contribution in [0.15, 0.2) is 54.6 Å². The molecule has 0 bridgehead atoms. The fourth-order valence-electron chi connectivity index (χ4n) is 2.51. The zero-order valence-corrected chi connectivity index (χ0v) is 15.1. The van der Waals surface area contributed by atoms with Crippen LogP contribution in [0.4, 0.5) is 5.69 Å². The van der Waals surface area contributed by atoms with Crippen LogP contribution < -0.4 is 10.1 Å². The molecule has 1 amide bonds. The van der Waals surface area contributed by atoms with Crippen LogP contribution in [0, 0.1) is 13.8 Å². The Kier molecular flexibility index (Phi) is 5.27. The van der Waals surface area contributed by atoms with E-state index >= 15 is 0 Å². The first kappa shape index (κ1) is 17.6. The maximum Gasteiger partial charge on any atom is 0.255 e. The molecule has 1 heterocycles. The van der Waals surface area contributed by atoms with Crippen LogP contribution in [0.2, 0.25) is 0 Å². The second-order valence-corrected chi connectivity index (χ2v) is 6.02. The monoisotopic (exact) mass is 347 g/mol. The normalized spacial score (nSPS) is 10.4. The zero-order valence-electron chi connectivity index (χ0n) is 15.1. The number of nitrogens with one attached hydrogen (secondary N) is 1. The van der Waals surface area contributed by atoms with Crippen LogP contribution in [0.25, 0.3) is 11.3 Å². The van der Waals surface area contributed by atoms with Crippen molar-refractivity contribution in [2.75, 3.05) is 11.9 Å². The number of amides is 1.